The summed E-state index contributed by atoms with van der Waals surface area (Å²) in [4.78, 5) is 31.1. The summed E-state index contributed by atoms with van der Waals surface area (Å²) in [6.45, 7) is 6.54. The number of thioether (sulfide) groups is 1. The molecule has 164 valence electrons. The van der Waals surface area contributed by atoms with E-state index in [0.717, 1.165) is 33.5 Å². The fourth-order valence-electron chi connectivity index (χ4n) is 3.61. The molecular formula is C24H23N3O3S2. The van der Waals surface area contributed by atoms with E-state index >= 15 is 0 Å². The van der Waals surface area contributed by atoms with Crippen molar-refractivity contribution in [3.05, 3.63) is 96.1 Å². The van der Waals surface area contributed by atoms with Crippen LogP contribution in [0.15, 0.2) is 58.5 Å². The molecule has 6 nitrogen and oxygen atoms in total. The first-order valence-corrected chi connectivity index (χ1v) is 12.1. The molecule has 0 unspecified atom stereocenters. The lowest BCUT2D eigenvalue weighted by Crippen LogP contribution is -2.24. The molecule has 32 heavy (non-hydrogen) atoms. The minimum atomic E-state index is -0.396. The number of benzene rings is 2. The highest BCUT2D eigenvalue weighted by Gasteiger charge is 2.18. The van der Waals surface area contributed by atoms with Gasteiger partial charge in [-0.05, 0) is 37.0 Å². The van der Waals surface area contributed by atoms with Gasteiger partial charge in [-0.3, -0.25) is 19.5 Å². The fraction of sp³-hybridized carbons (Fsp3) is 0.250. The van der Waals surface area contributed by atoms with Crippen LogP contribution in [-0.2, 0) is 18.7 Å². The molecule has 0 aliphatic rings. The SMILES string of the molecule is CCc1sc2nc(SCc3cccc([N+](=O)[O-])c3)n(Cc3ccc(C)cc3)c(=O)c2c1C. The Kier molecular flexibility index (Phi) is 6.43. The average molecular weight is 466 g/mol. The van der Waals surface area contributed by atoms with Crippen molar-refractivity contribution in [3.8, 4) is 0 Å². The van der Waals surface area contributed by atoms with Crippen molar-refractivity contribution in [2.75, 3.05) is 0 Å². The second-order valence-electron chi connectivity index (χ2n) is 7.67. The van der Waals surface area contributed by atoms with Crippen molar-refractivity contribution < 1.29 is 4.92 Å². The molecule has 0 atom stereocenters. The van der Waals surface area contributed by atoms with Crippen LogP contribution in [0.4, 0.5) is 5.69 Å². The lowest BCUT2D eigenvalue weighted by atomic mass is 10.1. The quantitative estimate of drug-likeness (QED) is 0.147. The second-order valence-corrected chi connectivity index (χ2v) is 9.70. The zero-order valence-electron chi connectivity index (χ0n) is 18.1. The summed E-state index contributed by atoms with van der Waals surface area (Å²) in [5, 5.41) is 12.4. The number of aromatic nitrogens is 2. The van der Waals surface area contributed by atoms with Gasteiger partial charge in [0.25, 0.3) is 11.2 Å². The summed E-state index contributed by atoms with van der Waals surface area (Å²) >= 11 is 3.00. The lowest BCUT2D eigenvalue weighted by molar-refractivity contribution is -0.384. The van der Waals surface area contributed by atoms with Crippen molar-refractivity contribution in [1.82, 2.24) is 9.55 Å². The molecule has 0 aliphatic heterocycles. The van der Waals surface area contributed by atoms with Gasteiger partial charge >= 0.3 is 0 Å². The number of aryl methyl sites for hydroxylation is 3. The third kappa shape index (κ3) is 4.47. The molecule has 0 fully saturated rings. The Balaban J connectivity index is 1.76. The minimum absolute atomic E-state index is 0.0365. The maximum Gasteiger partial charge on any atom is 0.269 e. The van der Waals surface area contributed by atoms with Gasteiger partial charge in [0.1, 0.15) is 4.83 Å². The molecule has 2 aromatic carbocycles. The van der Waals surface area contributed by atoms with Gasteiger partial charge in [-0.1, -0.05) is 60.6 Å². The second kappa shape index (κ2) is 9.26. The molecule has 0 bridgehead atoms. The summed E-state index contributed by atoms with van der Waals surface area (Å²) in [7, 11) is 0. The molecule has 0 N–H and O–H groups in total. The number of fused-ring (bicyclic) bond motifs is 1. The molecule has 0 radical (unpaired) electrons. The van der Waals surface area contributed by atoms with E-state index in [1.807, 2.05) is 44.2 Å². The van der Waals surface area contributed by atoms with Gasteiger partial charge < -0.3 is 0 Å². The Bertz CT molecular complexity index is 1360. The van der Waals surface area contributed by atoms with Crippen molar-refractivity contribution >= 4 is 39.0 Å². The third-order valence-electron chi connectivity index (χ3n) is 5.39. The molecule has 0 amide bonds. The Morgan fingerprint density at radius 3 is 2.56 bits per heavy atom. The average Bonchev–Trinajstić information content (AvgIpc) is 3.11. The van der Waals surface area contributed by atoms with Crippen molar-refractivity contribution in [2.45, 2.75) is 44.6 Å². The van der Waals surface area contributed by atoms with E-state index in [1.54, 1.807) is 28.0 Å². The van der Waals surface area contributed by atoms with E-state index in [1.165, 1.54) is 22.7 Å². The van der Waals surface area contributed by atoms with E-state index in [4.69, 9.17) is 4.98 Å². The van der Waals surface area contributed by atoms with Gasteiger partial charge in [0, 0.05) is 22.8 Å². The molecule has 4 aromatic rings. The maximum absolute atomic E-state index is 13.6. The lowest BCUT2D eigenvalue weighted by Gasteiger charge is -2.13. The monoisotopic (exact) mass is 465 g/mol. The van der Waals surface area contributed by atoms with E-state index in [2.05, 4.69) is 6.92 Å². The van der Waals surface area contributed by atoms with Crippen molar-refractivity contribution in [3.63, 3.8) is 0 Å². The van der Waals surface area contributed by atoms with Gasteiger partial charge in [-0.2, -0.15) is 0 Å². The Hall–Kier alpha value is -2.97. The van der Waals surface area contributed by atoms with Gasteiger partial charge in [0.15, 0.2) is 5.16 Å². The van der Waals surface area contributed by atoms with Crippen LogP contribution >= 0.6 is 23.1 Å². The minimum Gasteiger partial charge on any atom is -0.283 e. The number of nitro groups is 1. The first-order valence-electron chi connectivity index (χ1n) is 10.3. The van der Waals surface area contributed by atoms with Crippen molar-refractivity contribution in [1.29, 1.82) is 0 Å². The van der Waals surface area contributed by atoms with E-state index in [-0.39, 0.29) is 11.2 Å². The number of hydrogen-bond donors (Lipinski definition) is 0. The standard InChI is InChI=1S/C24H23N3O3S2/c1-4-20-16(3)21-22(32-20)25-24(31-14-18-6-5-7-19(12-18)27(29)30)26(23(21)28)13-17-10-8-15(2)9-11-17/h5-12H,4,13-14H2,1-3H3. The highest BCUT2D eigenvalue weighted by Crippen LogP contribution is 2.31. The fourth-order valence-corrected chi connectivity index (χ4v) is 5.71. The highest BCUT2D eigenvalue weighted by molar-refractivity contribution is 7.98. The number of rotatable bonds is 7. The molecule has 0 spiro atoms. The van der Waals surface area contributed by atoms with E-state index in [9.17, 15) is 14.9 Å². The molecule has 0 aliphatic carbocycles. The van der Waals surface area contributed by atoms with Crippen LogP contribution in [0.2, 0.25) is 0 Å². The molecule has 4 rings (SSSR count). The van der Waals surface area contributed by atoms with Gasteiger partial charge in [-0.25, -0.2) is 4.98 Å². The number of thiophene rings is 1. The number of nitro benzene ring substituents is 1. The van der Waals surface area contributed by atoms with Crippen LogP contribution in [0.5, 0.6) is 0 Å². The first-order chi connectivity index (χ1) is 15.4. The molecule has 0 saturated heterocycles. The van der Waals surface area contributed by atoms with Crippen LogP contribution in [0.3, 0.4) is 0 Å². The summed E-state index contributed by atoms with van der Waals surface area (Å²) < 4.78 is 1.73. The smallest absolute Gasteiger partial charge is 0.269 e. The van der Waals surface area contributed by atoms with E-state index in [0.29, 0.717) is 22.8 Å². The van der Waals surface area contributed by atoms with E-state index < -0.39 is 4.92 Å². The van der Waals surface area contributed by atoms with Crippen LogP contribution in [-0.4, -0.2) is 14.5 Å². The van der Waals surface area contributed by atoms with Gasteiger partial charge in [-0.15, -0.1) is 11.3 Å². The van der Waals surface area contributed by atoms with Crippen LogP contribution in [0, 0.1) is 24.0 Å². The summed E-state index contributed by atoms with van der Waals surface area (Å²) in [6.07, 6.45) is 0.862. The topological polar surface area (TPSA) is 78.0 Å². The Morgan fingerprint density at radius 1 is 1.12 bits per heavy atom. The number of non-ortho nitro benzene ring substituents is 1. The molecule has 2 aromatic heterocycles. The van der Waals surface area contributed by atoms with Crippen molar-refractivity contribution in [2.24, 2.45) is 0 Å². The Morgan fingerprint density at radius 2 is 1.88 bits per heavy atom. The zero-order valence-corrected chi connectivity index (χ0v) is 19.8. The normalized spacial score (nSPS) is 11.2. The van der Waals surface area contributed by atoms with Crippen LogP contribution in [0.1, 0.15) is 34.1 Å². The third-order valence-corrected chi connectivity index (χ3v) is 7.76. The summed E-state index contributed by atoms with van der Waals surface area (Å²) in [6, 6.07) is 14.7. The first kappa shape index (κ1) is 22.2. The van der Waals surface area contributed by atoms with Gasteiger partial charge in [0.2, 0.25) is 0 Å². The largest absolute Gasteiger partial charge is 0.283 e. The molecule has 2 heterocycles. The predicted molar refractivity (Wildman–Crippen MR) is 131 cm³/mol. The summed E-state index contributed by atoms with van der Waals surface area (Å²) in [5.41, 5.74) is 4.04. The zero-order chi connectivity index (χ0) is 22.8. The summed E-state index contributed by atoms with van der Waals surface area (Å²) in [5.74, 6) is 0.485. The number of hydrogen-bond acceptors (Lipinski definition) is 6. The molecule has 0 saturated carbocycles. The maximum atomic E-state index is 13.6. The Labute approximate surface area is 194 Å². The van der Waals surface area contributed by atoms with Crippen LogP contribution < -0.4 is 5.56 Å². The number of nitrogens with zero attached hydrogens (tertiary/aromatic N) is 3. The highest BCUT2D eigenvalue weighted by atomic mass is 32.2. The predicted octanol–water partition coefficient (Wildman–Crippen LogP) is 5.89. The molecule has 8 heteroatoms. The van der Waals surface area contributed by atoms with Crippen LogP contribution in [0.25, 0.3) is 10.2 Å². The molecular weight excluding hydrogens is 442 g/mol. The van der Waals surface area contributed by atoms with Gasteiger partial charge in [0.05, 0.1) is 16.9 Å².